The Morgan fingerprint density at radius 2 is 1.89 bits per heavy atom. The third-order valence-corrected chi connectivity index (χ3v) is 6.29. The van der Waals surface area contributed by atoms with Gasteiger partial charge in [-0.25, -0.2) is 9.38 Å². The predicted octanol–water partition coefficient (Wildman–Crippen LogP) is 5.51. The molecular weight excluding hydrogens is 537 g/mol. The highest BCUT2D eigenvalue weighted by Gasteiger charge is 2.24. The number of para-hydroxylation sites is 1. The number of amides is 2. The molecule has 2 N–H and O–H groups in total. The smallest absolute Gasteiger partial charge is 0.264 e. The monoisotopic (exact) mass is 555 g/mol. The third-order valence-electron chi connectivity index (χ3n) is 4.69. The summed E-state index contributed by atoms with van der Waals surface area (Å²) in [7, 11) is 1.49. The van der Waals surface area contributed by atoms with Gasteiger partial charge in [-0.2, -0.15) is 0 Å². The van der Waals surface area contributed by atoms with Crippen molar-refractivity contribution < 1.29 is 23.5 Å². The molecule has 1 saturated heterocycles. The number of nitrogens with one attached hydrogen (secondary N) is 2. The van der Waals surface area contributed by atoms with Crippen molar-refractivity contribution in [2.45, 2.75) is 0 Å². The minimum atomic E-state index is -0.360. The zero-order valence-electron chi connectivity index (χ0n) is 18.4. The largest absolute Gasteiger partial charge is 0.493 e. The summed E-state index contributed by atoms with van der Waals surface area (Å²) in [5.41, 5.74) is 1.87. The van der Waals surface area contributed by atoms with Gasteiger partial charge < -0.3 is 20.1 Å². The normalized spacial score (nSPS) is 15.2. The first-order valence-corrected chi connectivity index (χ1v) is 11.9. The number of hydrogen-bond acceptors (Lipinski definition) is 6. The van der Waals surface area contributed by atoms with Gasteiger partial charge in [0, 0.05) is 10.2 Å². The van der Waals surface area contributed by atoms with E-state index in [0.29, 0.717) is 43.0 Å². The topological polar surface area (TPSA) is 89.0 Å². The Labute approximate surface area is 213 Å². The lowest BCUT2D eigenvalue weighted by molar-refractivity contribution is -0.118. The zero-order valence-corrected chi connectivity index (χ0v) is 20.8. The molecule has 10 heteroatoms. The summed E-state index contributed by atoms with van der Waals surface area (Å²) in [6.07, 6.45) is 1.69. The van der Waals surface area contributed by atoms with Crippen LogP contribution in [0.15, 0.2) is 81.1 Å². The molecule has 0 aliphatic carbocycles. The van der Waals surface area contributed by atoms with Crippen molar-refractivity contribution in [1.29, 1.82) is 0 Å². The number of aliphatic imine (C=N–C) groups is 1. The second-order valence-electron chi connectivity index (χ2n) is 7.19. The van der Waals surface area contributed by atoms with Gasteiger partial charge in [-0.05, 0) is 71.9 Å². The van der Waals surface area contributed by atoms with Crippen LogP contribution in [0.3, 0.4) is 0 Å². The number of benzene rings is 3. The summed E-state index contributed by atoms with van der Waals surface area (Å²) in [5, 5.41) is 5.83. The number of carbonyl (C=O) groups is 2. The minimum Gasteiger partial charge on any atom is -0.493 e. The number of hydrogen-bond donors (Lipinski definition) is 2. The van der Waals surface area contributed by atoms with Gasteiger partial charge in [0.15, 0.2) is 23.3 Å². The van der Waals surface area contributed by atoms with Crippen LogP contribution >= 0.6 is 27.7 Å². The van der Waals surface area contributed by atoms with Gasteiger partial charge in [0.05, 0.1) is 17.7 Å². The highest BCUT2D eigenvalue weighted by Crippen LogP contribution is 2.36. The molecule has 1 heterocycles. The number of ether oxygens (including phenoxy) is 2. The lowest BCUT2D eigenvalue weighted by atomic mass is 10.2. The number of amidine groups is 1. The molecule has 0 aromatic heterocycles. The van der Waals surface area contributed by atoms with E-state index in [-0.39, 0.29) is 24.2 Å². The van der Waals surface area contributed by atoms with Gasteiger partial charge in [-0.1, -0.05) is 34.1 Å². The summed E-state index contributed by atoms with van der Waals surface area (Å²) in [6, 6.07) is 18.1. The fourth-order valence-corrected chi connectivity index (χ4v) is 4.32. The lowest BCUT2D eigenvalue weighted by Crippen LogP contribution is -2.20. The number of thioether (sulfide) groups is 1. The molecular formula is C25H19BrFN3O4S. The first kappa shape index (κ1) is 24.5. The van der Waals surface area contributed by atoms with E-state index in [1.54, 1.807) is 30.3 Å². The number of anilines is 1. The van der Waals surface area contributed by atoms with Crippen molar-refractivity contribution in [1.82, 2.24) is 5.32 Å². The van der Waals surface area contributed by atoms with Gasteiger partial charge in [0.2, 0.25) is 0 Å². The van der Waals surface area contributed by atoms with Crippen LogP contribution in [-0.4, -0.2) is 30.7 Å². The quantitative estimate of drug-likeness (QED) is 0.375. The van der Waals surface area contributed by atoms with Crippen LogP contribution in [0, 0.1) is 5.82 Å². The third kappa shape index (κ3) is 6.49. The van der Waals surface area contributed by atoms with E-state index < -0.39 is 0 Å². The average Bonchev–Trinajstić information content (AvgIpc) is 3.19. The van der Waals surface area contributed by atoms with Crippen molar-refractivity contribution in [3.05, 3.63) is 87.5 Å². The molecule has 0 bridgehead atoms. The Hall–Kier alpha value is -3.63. The van der Waals surface area contributed by atoms with Gasteiger partial charge in [-0.3, -0.25) is 9.59 Å². The molecule has 2 amide bonds. The maximum atomic E-state index is 13.1. The molecule has 3 aromatic carbocycles. The van der Waals surface area contributed by atoms with Crippen LogP contribution in [0.1, 0.15) is 5.56 Å². The first-order valence-electron chi connectivity index (χ1n) is 10.3. The Morgan fingerprint density at radius 3 is 2.60 bits per heavy atom. The Bertz CT molecular complexity index is 1310. The fourth-order valence-electron chi connectivity index (χ4n) is 3.05. The van der Waals surface area contributed by atoms with E-state index in [4.69, 9.17) is 9.47 Å². The van der Waals surface area contributed by atoms with Gasteiger partial charge in [0.25, 0.3) is 11.8 Å². The summed E-state index contributed by atoms with van der Waals surface area (Å²) < 4.78 is 24.8. The van der Waals surface area contributed by atoms with E-state index in [1.165, 1.54) is 31.4 Å². The molecule has 4 rings (SSSR count). The van der Waals surface area contributed by atoms with Crippen molar-refractivity contribution in [3.8, 4) is 11.5 Å². The second kappa shape index (κ2) is 11.2. The van der Waals surface area contributed by atoms with Gasteiger partial charge in [0.1, 0.15) is 5.82 Å². The summed E-state index contributed by atoms with van der Waals surface area (Å²) in [4.78, 5) is 29.4. The lowest BCUT2D eigenvalue weighted by Gasteiger charge is -2.13. The number of nitrogens with zero attached hydrogens (tertiary/aromatic N) is 1. The Balaban J connectivity index is 1.47. The van der Waals surface area contributed by atoms with Crippen LogP contribution in [0.4, 0.5) is 15.8 Å². The van der Waals surface area contributed by atoms with Crippen LogP contribution in [-0.2, 0) is 9.59 Å². The maximum absolute atomic E-state index is 13.1. The maximum Gasteiger partial charge on any atom is 0.264 e. The average molecular weight is 556 g/mol. The Kier molecular flexibility index (Phi) is 7.84. The van der Waals surface area contributed by atoms with E-state index >= 15 is 0 Å². The molecule has 0 spiro atoms. The van der Waals surface area contributed by atoms with Crippen LogP contribution in [0.25, 0.3) is 6.08 Å². The highest BCUT2D eigenvalue weighted by atomic mass is 79.9. The highest BCUT2D eigenvalue weighted by molar-refractivity contribution is 9.10. The molecule has 0 radical (unpaired) electrons. The minimum absolute atomic E-state index is 0.209. The van der Waals surface area contributed by atoms with Crippen LogP contribution < -0.4 is 20.1 Å². The van der Waals surface area contributed by atoms with Crippen molar-refractivity contribution in [3.63, 3.8) is 0 Å². The van der Waals surface area contributed by atoms with Gasteiger partial charge in [-0.15, -0.1) is 0 Å². The molecule has 0 saturated carbocycles. The molecule has 7 nitrogen and oxygen atoms in total. The summed E-state index contributed by atoms with van der Waals surface area (Å²) in [5.74, 6) is -0.212. The van der Waals surface area contributed by atoms with Crippen molar-refractivity contribution in [2.24, 2.45) is 4.99 Å². The fraction of sp³-hybridized carbons (Fsp3) is 0.0800. The number of methoxy groups -OCH3 is 1. The standard InChI is InChI=1S/C25H19BrFN3O4S/c1-33-20-11-15(12-22-24(32)30-25(35-22)29-18-9-7-16(27)8-10-18)19(26)13-21(20)34-14-23(31)28-17-5-3-2-4-6-17/h2-13H,14H2,1H3,(H,28,31)(H,29,30,32)/b22-12+. The molecule has 0 unspecified atom stereocenters. The summed E-state index contributed by atoms with van der Waals surface area (Å²) in [6.45, 7) is -0.209. The van der Waals surface area contributed by atoms with E-state index in [2.05, 4.69) is 31.6 Å². The number of carbonyl (C=O) groups excluding carboxylic acids is 2. The molecule has 178 valence electrons. The van der Waals surface area contributed by atoms with Crippen LogP contribution in [0.5, 0.6) is 11.5 Å². The summed E-state index contributed by atoms with van der Waals surface area (Å²) >= 11 is 4.65. The Morgan fingerprint density at radius 1 is 1.14 bits per heavy atom. The van der Waals surface area contributed by atoms with Crippen molar-refractivity contribution >= 4 is 62.1 Å². The first-order chi connectivity index (χ1) is 16.9. The number of rotatable bonds is 7. The molecule has 0 atom stereocenters. The molecule has 1 aliphatic heterocycles. The van der Waals surface area contributed by atoms with Crippen molar-refractivity contribution in [2.75, 3.05) is 19.0 Å². The van der Waals surface area contributed by atoms with E-state index in [9.17, 15) is 14.0 Å². The van der Waals surface area contributed by atoms with Gasteiger partial charge >= 0.3 is 0 Å². The molecule has 35 heavy (non-hydrogen) atoms. The predicted molar refractivity (Wildman–Crippen MR) is 138 cm³/mol. The second-order valence-corrected chi connectivity index (χ2v) is 9.07. The SMILES string of the molecule is COc1cc(/C=C2/SC(=Nc3ccc(F)cc3)NC2=O)c(Br)cc1OCC(=O)Nc1ccccc1. The zero-order chi connectivity index (χ0) is 24.8. The van der Waals surface area contributed by atoms with E-state index in [0.717, 1.165) is 11.8 Å². The number of halogens is 2. The molecule has 3 aromatic rings. The molecule has 1 aliphatic rings. The van der Waals surface area contributed by atoms with E-state index in [1.807, 2.05) is 18.2 Å². The molecule has 1 fully saturated rings. The van der Waals surface area contributed by atoms with Crippen LogP contribution in [0.2, 0.25) is 0 Å².